The summed E-state index contributed by atoms with van der Waals surface area (Å²) >= 11 is 0. The van der Waals surface area contributed by atoms with Crippen LogP contribution in [0.3, 0.4) is 0 Å². The van der Waals surface area contributed by atoms with Crippen LogP contribution < -0.4 is 4.90 Å². The van der Waals surface area contributed by atoms with Crippen LogP contribution in [0, 0.1) is 13.8 Å². The van der Waals surface area contributed by atoms with E-state index in [1.165, 1.54) is 0 Å². The molecule has 0 aliphatic carbocycles. The summed E-state index contributed by atoms with van der Waals surface area (Å²) < 4.78 is 16.8. The van der Waals surface area contributed by atoms with Gasteiger partial charge < -0.3 is 4.90 Å². The molecule has 0 aromatic carbocycles. The first-order valence-corrected chi connectivity index (χ1v) is 8.18. The van der Waals surface area contributed by atoms with Crippen molar-refractivity contribution in [2.24, 2.45) is 7.05 Å². The molecule has 8 nitrogen and oxygen atoms in total. The third kappa shape index (κ3) is 2.86. The first-order valence-electron chi connectivity index (χ1n) is 8.18. The van der Waals surface area contributed by atoms with Crippen LogP contribution in [0.25, 0.3) is 17.8 Å². The van der Waals surface area contributed by atoms with Gasteiger partial charge in [0.1, 0.15) is 6.17 Å². The summed E-state index contributed by atoms with van der Waals surface area (Å²) in [5.41, 5.74) is 2.49. The van der Waals surface area contributed by atoms with E-state index in [9.17, 15) is 4.39 Å². The van der Waals surface area contributed by atoms with Gasteiger partial charge in [-0.15, -0.1) is 10.2 Å². The van der Waals surface area contributed by atoms with Crippen LogP contribution >= 0.6 is 0 Å². The highest BCUT2D eigenvalue weighted by Gasteiger charge is 2.25. The molecule has 1 fully saturated rings. The third-order valence-corrected chi connectivity index (χ3v) is 4.31. The molecular formula is C16H19FN8. The summed E-state index contributed by atoms with van der Waals surface area (Å²) in [5, 5.41) is 8.84. The van der Waals surface area contributed by atoms with Gasteiger partial charge in [0.25, 0.3) is 0 Å². The van der Waals surface area contributed by atoms with Gasteiger partial charge in [0.2, 0.25) is 5.95 Å². The number of halogens is 1. The van der Waals surface area contributed by atoms with Gasteiger partial charge in [0.05, 0.1) is 17.9 Å². The minimum absolute atomic E-state index is 0.354. The van der Waals surface area contributed by atoms with E-state index in [2.05, 4.69) is 25.1 Å². The largest absolute Gasteiger partial charge is 0.337 e. The lowest BCUT2D eigenvalue weighted by molar-refractivity contribution is 0.364. The molecule has 25 heavy (non-hydrogen) atoms. The molecule has 3 aromatic heterocycles. The summed E-state index contributed by atoms with van der Waals surface area (Å²) in [7, 11) is 1.81. The van der Waals surface area contributed by atoms with Crippen LogP contribution in [0.5, 0.6) is 0 Å². The van der Waals surface area contributed by atoms with Crippen LogP contribution in [0.15, 0.2) is 6.20 Å². The second-order valence-electron chi connectivity index (χ2n) is 6.25. The van der Waals surface area contributed by atoms with E-state index in [0.29, 0.717) is 37.1 Å². The molecule has 4 heterocycles. The number of hydrogen-bond donors (Lipinski definition) is 0. The number of fused-ring (bicyclic) bond motifs is 1. The smallest absolute Gasteiger partial charge is 0.245 e. The average molecular weight is 342 g/mol. The Bertz CT molecular complexity index is 918. The Labute approximate surface area is 144 Å². The van der Waals surface area contributed by atoms with E-state index in [0.717, 1.165) is 17.0 Å². The molecule has 9 heteroatoms. The lowest BCUT2D eigenvalue weighted by atomic mass is 10.3. The van der Waals surface area contributed by atoms with Gasteiger partial charge >= 0.3 is 0 Å². The van der Waals surface area contributed by atoms with Crippen molar-refractivity contribution in [3.8, 4) is 0 Å². The Morgan fingerprint density at radius 3 is 2.76 bits per heavy atom. The Morgan fingerprint density at radius 1 is 1.20 bits per heavy atom. The zero-order valence-electron chi connectivity index (χ0n) is 14.4. The monoisotopic (exact) mass is 342 g/mol. The molecule has 130 valence electrons. The zero-order valence-corrected chi connectivity index (χ0v) is 14.4. The number of hydrogen-bond acceptors (Lipinski definition) is 6. The molecule has 1 atom stereocenters. The number of rotatable bonds is 3. The molecule has 0 N–H and O–H groups in total. The molecule has 0 unspecified atom stereocenters. The molecule has 1 aliphatic rings. The Hall–Kier alpha value is -2.84. The first kappa shape index (κ1) is 15.7. The topological polar surface area (TPSA) is 77.0 Å². The molecule has 3 aromatic rings. The molecule has 1 aliphatic heterocycles. The fourth-order valence-corrected chi connectivity index (χ4v) is 2.89. The Balaban J connectivity index is 1.61. The number of nitrogens with zero attached hydrogens (tertiary/aromatic N) is 8. The van der Waals surface area contributed by atoms with Crippen molar-refractivity contribution in [2.75, 3.05) is 18.0 Å². The quantitative estimate of drug-likeness (QED) is 0.719. The first-order chi connectivity index (χ1) is 12.0. The molecule has 0 amide bonds. The van der Waals surface area contributed by atoms with Crippen LogP contribution in [-0.4, -0.2) is 53.6 Å². The van der Waals surface area contributed by atoms with Gasteiger partial charge in [-0.05, 0) is 32.4 Å². The molecule has 0 spiro atoms. The summed E-state index contributed by atoms with van der Waals surface area (Å²) in [5.74, 6) is 1.80. The third-order valence-electron chi connectivity index (χ3n) is 4.31. The SMILES string of the molecule is Cc1ncc(C)n2nc(/C=C/c3nc(N4CC[C@H](F)C4)nn3C)nc12. The summed E-state index contributed by atoms with van der Waals surface area (Å²) in [6, 6.07) is 0. The highest BCUT2D eigenvalue weighted by Crippen LogP contribution is 2.19. The van der Waals surface area contributed by atoms with Crippen molar-refractivity contribution in [1.29, 1.82) is 0 Å². The maximum Gasteiger partial charge on any atom is 0.245 e. The second kappa shape index (κ2) is 5.91. The molecule has 1 saturated heterocycles. The number of aromatic nitrogens is 7. The van der Waals surface area contributed by atoms with Crippen LogP contribution in [0.4, 0.5) is 10.3 Å². The maximum absolute atomic E-state index is 13.4. The van der Waals surface area contributed by atoms with Crippen molar-refractivity contribution in [2.45, 2.75) is 26.4 Å². The van der Waals surface area contributed by atoms with E-state index in [1.54, 1.807) is 21.5 Å². The highest BCUT2D eigenvalue weighted by molar-refractivity contribution is 5.65. The van der Waals surface area contributed by atoms with E-state index < -0.39 is 6.17 Å². The van der Waals surface area contributed by atoms with Crippen molar-refractivity contribution < 1.29 is 4.39 Å². The van der Waals surface area contributed by atoms with Crippen LogP contribution in [-0.2, 0) is 7.05 Å². The molecule has 0 radical (unpaired) electrons. The predicted octanol–water partition coefficient (Wildman–Crippen LogP) is 1.59. The lowest BCUT2D eigenvalue weighted by Gasteiger charge is -2.10. The zero-order chi connectivity index (χ0) is 17.6. The standard InChI is InChI=1S/C16H19FN8/c1-10-8-18-11(2)15-19-13(21-25(10)15)4-5-14-20-16(22-23(14)3)24-7-6-12(17)9-24/h4-5,8,12H,6-7,9H2,1-3H3/b5-4+/t12-/m0/s1. The average Bonchev–Trinajstić information content (AvgIpc) is 3.28. The van der Waals surface area contributed by atoms with E-state index in [1.807, 2.05) is 31.9 Å². The summed E-state index contributed by atoms with van der Waals surface area (Å²) in [6.45, 7) is 4.84. The second-order valence-corrected chi connectivity index (χ2v) is 6.25. The van der Waals surface area contributed by atoms with E-state index >= 15 is 0 Å². The normalized spacial score (nSPS) is 18.1. The van der Waals surface area contributed by atoms with E-state index in [4.69, 9.17) is 0 Å². The van der Waals surface area contributed by atoms with Crippen molar-refractivity contribution in [3.05, 3.63) is 29.2 Å². The number of anilines is 1. The fraction of sp³-hybridized carbons (Fsp3) is 0.438. The molecule has 4 rings (SSSR count). The van der Waals surface area contributed by atoms with Crippen LogP contribution in [0.1, 0.15) is 29.5 Å². The predicted molar refractivity (Wildman–Crippen MR) is 91.9 cm³/mol. The number of aryl methyl sites for hydroxylation is 3. The Kier molecular flexibility index (Phi) is 3.70. The van der Waals surface area contributed by atoms with Gasteiger partial charge in [-0.2, -0.15) is 4.98 Å². The molecule has 0 bridgehead atoms. The summed E-state index contributed by atoms with van der Waals surface area (Å²) in [6.07, 6.45) is 5.10. The van der Waals surface area contributed by atoms with Gasteiger partial charge in [-0.1, -0.05) is 0 Å². The summed E-state index contributed by atoms with van der Waals surface area (Å²) in [4.78, 5) is 15.1. The number of alkyl halides is 1. The van der Waals surface area contributed by atoms with E-state index in [-0.39, 0.29) is 0 Å². The minimum Gasteiger partial charge on any atom is -0.337 e. The van der Waals surface area contributed by atoms with Crippen molar-refractivity contribution in [3.63, 3.8) is 0 Å². The molecular weight excluding hydrogens is 323 g/mol. The highest BCUT2D eigenvalue weighted by atomic mass is 19.1. The fourth-order valence-electron chi connectivity index (χ4n) is 2.89. The van der Waals surface area contributed by atoms with Gasteiger partial charge in [-0.25, -0.2) is 18.6 Å². The van der Waals surface area contributed by atoms with Crippen molar-refractivity contribution >= 4 is 23.7 Å². The molecule has 0 saturated carbocycles. The lowest BCUT2D eigenvalue weighted by Crippen LogP contribution is -2.21. The minimum atomic E-state index is -0.801. The van der Waals surface area contributed by atoms with Gasteiger partial charge in [-0.3, -0.25) is 4.98 Å². The maximum atomic E-state index is 13.4. The Morgan fingerprint density at radius 2 is 2.04 bits per heavy atom. The van der Waals surface area contributed by atoms with Crippen LogP contribution in [0.2, 0.25) is 0 Å². The van der Waals surface area contributed by atoms with Crippen molar-refractivity contribution in [1.82, 2.24) is 34.3 Å². The van der Waals surface area contributed by atoms with Gasteiger partial charge in [0.15, 0.2) is 17.3 Å². The van der Waals surface area contributed by atoms with Gasteiger partial charge in [0, 0.05) is 19.8 Å².